The number of benzene rings is 1. The number of thiol groups is 1. The summed E-state index contributed by atoms with van der Waals surface area (Å²) in [6.07, 6.45) is 1.81. The van der Waals surface area contributed by atoms with Gasteiger partial charge < -0.3 is 9.64 Å². The van der Waals surface area contributed by atoms with Crippen LogP contribution in [-0.4, -0.2) is 37.1 Å². The van der Waals surface area contributed by atoms with Gasteiger partial charge in [0.25, 0.3) is 5.91 Å². The third-order valence-electron chi connectivity index (χ3n) is 3.25. The number of carbonyl (C=O) groups excluding carboxylic acids is 1. The van der Waals surface area contributed by atoms with E-state index in [-0.39, 0.29) is 11.9 Å². The van der Waals surface area contributed by atoms with Gasteiger partial charge in [0, 0.05) is 35.7 Å². The van der Waals surface area contributed by atoms with Gasteiger partial charge in [0.05, 0.1) is 5.56 Å². The fourth-order valence-corrected chi connectivity index (χ4v) is 2.96. The molecular formula is C13H16BrNO2S. The molecule has 98 valence electrons. The second-order valence-corrected chi connectivity index (χ2v) is 5.82. The highest BCUT2D eigenvalue weighted by Crippen LogP contribution is 2.23. The van der Waals surface area contributed by atoms with Gasteiger partial charge in [0.15, 0.2) is 0 Å². The molecule has 1 aromatic carbocycles. The van der Waals surface area contributed by atoms with E-state index in [0.29, 0.717) is 10.5 Å². The Labute approximate surface area is 121 Å². The van der Waals surface area contributed by atoms with Gasteiger partial charge in [0.1, 0.15) is 0 Å². The van der Waals surface area contributed by atoms with Gasteiger partial charge in [-0.05, 0) is 31.0 Å². The Balaban J connectivity index is 2.14. The molecule has 0 radical (unpaired) electrons. The van der Waals surface area contributed by atoms with Crippen molar-refractivity contribution in [3.05, 3.63) is 28.2 Å². The van der Waals surface area contributed by atoms with E-state index in [1.165, 1.54) is 0 Å². The van der Waals surface area contributed by atoms with Crippen LogP contribution in [0.5, 0.6) is 0 Å². The molecule has 3 nitrogen and oxygen atoms in total. The minimum atomic E-state index is 0.0272. The summed E-state index contributed by atoms with van der Waals surface area (Å²) in [5.74, 6) is 0.0272. The molecule has 0 saturated carbocycles. The van der Waals surface area contributed by atoms with E-state index in [4.69, 9.17) is 4.74 Å². The van der Waals surface area contributed by atoms with Crippen molar-refractivity contribution in [3.8, 4) is 0 Å². The smallest absolute Gasteiger partial charge is 0.254 e. The number of nitrogens with zero attached hydrogens (tertiary/aromatic N) is 1. The lowest BCUT2D eigenvalue weighted by Crippen LogP contribution is -2.40. The van der Waals surface area contributed by atoms with E-state index < -0.39 is 0 Å². The summed E-state index contributed by atoms with van der Waals surface area (Å²) in [5.41, 5.74) is 0.649. The number of amides is 1. The fraction of sp³-hybridized carbons (Fsp3) is 0.462. The summed E-state index contributed by atoms with van der Waals surface area (Å²) in [7, 11) is 1.85. The normalized spacial score (nSPS) is 16.6. The third-order valence-corrected chi connectivity index (χ3v) is 4.11. The summed E-state index contributed by atoms with van der Waals surface area (Å²) < 4.78 is 6.24. The minimum Gasteiger partial charge on any atom is -0.381 e. The lowest BCUT2D eigenvalue weighted by atomic mass is 10.1. The largest absolute Gasteiger partial charge is 0.381 e. The van der Waals surface area contributed by atoms with Gasteiger partial charge in [-0.1, -0.05) is 15.9 Å². The van der Waals surface area contributed by atoms with Crippen LogP contribution in [0.1, 0.15) is 23.2 Å². The number of hydrogen-bond donors (Lipinski definition) is 1. The highest BCUT2D eigenvalue weighted by molar-refractivity contribution is 9.10. The lowest BCUT2D eigenvalue weighted by Gasteiger charge is -2.31. The Hall–Kier alpha value is -0.520. The van der Waals surface area contributed by atoms with E-state index in [9.17, 15) is 4.79 Å². The van der Waals surface area contributed by atoms with E-state index >= 15 is 0 Å². The highest BCUT2D eigenvalue weighted by atomic mass is 79.9. The average Bonchev–Trinajstić information content (AvgIpc) is 2.38. The van der Waals surface area contributed by atoms with Crippen molar-refractivity contribution in [2.45, 2.75) is 23.8 Å². The summed E-state index contributed by atoms with van der Waals surface area (Å²) in [6, 6.07) is 5.78. The number of hydrogen-bond acceptors (Lipinski definition) is 3. The zero-order chi connectivity index (χ0) is 13.1. The first kappa shape index (κ1) is 13.9. The molecule has 0 unspecified atom stereocenters. The molecule has 0 atom stereocenters. The van der Waals surface area contributed by atoms with Crippen molar-refractivity contribution in [3.63, 3.8) is 0 Å². The first-order valence-electron chi connectivity index (χ1n) is 5.93. The van der Waals surface area contributed by atoms with Gasteiger partial charge in [-0.25, -0.2) is 0 Å². The molecular weight excluding hydrogens is 314 g/mol. The predicted octanol–water partition coefficient (Wildman–Crippen LogP) is 2.99. The zero-order valence-electron chi connectivity index (χ0n) is 10.2. The Bertz CT molecular complexity index is 447. The quantitative estimate of drug-likeness (QED) is 0.845. The predicted molar refractivity (Wildman–Crippen MR) is 77.3 cm³/mol. The number of halogens is 1. The van der Waals surface area contributed by atoms with Gasteiger partial charge in [-0.15, -0.1) is 12.6 Å². The maximum atomic E-state index is 12.4. The van der Waals surface area contributed by atoms with Crippen LogP contribution < -0.4 is 0 Å². The molecule has 1 heterocycles. The third kappa shape index (κ3) is 3.08. The molecule has 1 saturated heterocycles. The Kier molecular flexibility index (Phi) is 4.70. The van der Waals surface area contributed by atoms with Crippen molar-refractivity contribution in [2.24, 2.45) is 0 Å². The number of carbonyl (C=O) groups is 1. The van der Waals surface area contributed by atoms with Gasteiger partial charge in [0.2, 0.25) is 0 Å². The fourth-order valence-electron chi connectivity index (χ4n) is 2.11. The maximum absolute atomic E-state index is 12.4. The molecule has 1 aliphatic rings. The van der Waals surface area contributed by atoms with Gasteiger partial charge >= 0.3 is 0 Å². The summed E-state index contributed by atoms with van der Waals surface area (Å²) in [6.45, 7) is 1.46. The average molecular weight is 330 g/mol. The summed E-state index contributed by atoms with van der Waals surface area (Å²) in [5, 5.41) is 0. The molecule has 1 amide bonds. The second kappa shape index (κ2) is 6.08. The summed E-state index contributed by atoms with van der Waals surface area (Å²) in [4.78, 5) is 14.9. The molecule has 0 N–H and O–H groups in total. The van der Waals surface area contributed by atoms with E-state index in [0.717, 1.165) is 30.5 Å². The van der Waals surface area contributed by atoms with Crippen LogP contribution in [0.15, 0.2) is 27.6 Å². The van der Waals surface area contributed by atoms with Crippen LogP contribution >= 0.6 is 28.6 Å². The number of rotatable bonds is 2. The first-order chi connectivity index (χ1) is 8.59. The molecule has 1 aromatic rings. The SMILES string of the molecule is CN(C(=O)c1ccc(Br)cc1S)C1CCOCC1. The minimum absolute atomic E-state index is 0.0272. The van der Waals surface area contributed by atoms with Gasteiger partial charge in [-0.2, -0.15) is 0 Å². The standard InChI is InChI=1S/C13H16BrNO2S/c1-15(10-4-6-17-7-5-10)13(16)11-3-2-9(14)8-12(11)18/h2-3,8,10,18H,4-7H2,1H3. The first-order valence-corrected chi connectivity index (χ1v) is 7.17. The summed E-state index contributed by atoms with van der Waals surface area (Å²) >= 11 is 7.73. The van der Waals surface area contributed by atoms with Crippen LogP contribution in [0.3, 0.4) is 0 Å². The molecule has 18 heavy (non-hydrogen) atoms. The number of ether oxygens (including phenoxy) is 1. The molecule has 0 bridgehead atoms. The Morgan fingerprint density at radius 1 is 1.44 bits per heavy atom. The van der Waals surface area contributed by atoms with Crippen molar-refractivity contribution < 1.29 is 9.53 Å². The lowest BCUT2D eigenvalue weighted by molar-refractivity contribution is 0.0360. The van der Waals surface area contributed by atoms with E-state index in [1.807, 2.05) is 30.1 Å². The van der Waals surface area contributed by atoms with Crippen molar-refractivity contribution in [1.82, 2.24) is 4.90 Å². The van der Waals surface area contributed by atoms with Gasteiger partial charge in [-0.3, -0.25) is 4.79 Å². The molecule has 0 spiro atoms. The van der Waals surface area contributed by atoms with Crippen molar-refractivity contribution >= 4 is 34.5 Å². The second-order valence-electron chi connectivity index (χ2n) is 4.42. The highest BCUT2D eigenvalue weighted by Gasteiger charge is 2.24. The van der Waals surface area contributed by atoms with Crippen LogP contribution in [-0.2, 0) is 4.74 Å². The molecule has 1 aliphatic heterocycles. The van der Waals surface area contributed by atoms with Crippen LogP contribution in [0.25, 0.3) is 0 Å². The molecule has 0 aliphatic carbocycles. The Morgan fingerprint density at radius 2 is 2.11 bits per heavy atom. The molecule has 0 aromatic heterocycles. The topological polar surface area (TPSA) is 29.5 Å². The van der Waals surface area contributed by atoms with E-state index in [2.05, 4.69) is 28.6 Å². The van der Waals surface area contributed by atoms with Crippen LogP contribution in [0, 0.1) is 0 Å². The zero-order valence-corrected chi connectivity index (χ0v) is 12.7. The Morgan fingerprint density at radius 3 is 2.72 bits per heavy atom. The monoisotopic (exact) mass is 329 g/mol. The maximum Gasteiger partial charge on any atom is 0.254 e. The van der Waals surface area contributed by atoms with Crippen molar-refractivity contribution in [1.29, 1.82) is 0 Å². The molecule has 2 rings (SSSR count). The van der Waals surface area contributed by atoms with E-state index in [1.54, 1.807) is 0 Å². The van der Waals surface area contributed by atoms with Crippen molar-refractivity contribution in [2.75, 3.05) is 20.3 Å². The molecule has 5 heteroatoms. The molecule has 1 fully saturated rings. The van der Waals surface area contributed by atoms with Crippen LogP contribution in [0.4, 0.5) is 0 Å². The van der Waals surface area contributed by atoms with Crippen LogP contribution in [0.2, 0.25) is 0 Å².